The number of aryl methyl sites for hydroxylation is 1. The van der Waals surface area contributed by atoms with Crippen LogP contribution in [0.15, 0.2) is 42.5 Å². The van der Waals surface area contributed by atoms with Gasteiger partial charge < -0.3 is 10.5 Å². The van der Waals surface area contributed by atoms with Gasteiger partial charge in [0.1, 0.15) is 5.75 Å². The third-order valence-corrected chi connectivity index (χ3v) is 2.96. The van der Waals surface area contributed by atoms with E-state index < -0.39 is 0 Å². The molecule has 0 aliphatic carbocycles. The van der Waals surface area contributed by atoms with Gasteiger partial charge in [-0.05, 0) is 54.8 Å². The van der Waals surface area contributed by atoms with E-state index in [1.54, 1.807) is 6.07 Å². The van der Waals surface area contributed by atoms with Crippen LogP contribution >= 0.6 is 0 Å². The smallest absolute Gasteiger partial charge is 0.165 e. The highest BCUT2D eigenvalue weighted by atomic mass is 19.1. The van der Waals surface area contributed by atoms with Crippen molar-refractivity contribution in [3.05, 3.63) is 59.4 Å². The van der Waals surface area contributed by atoms with E-state index in [1.807, 2.05) is 30.3 Å². The molecule has 2 aromatic carbocycles. The predicted molar refractivity (Wildman–Crippen MR) is 75.1 cm³/mol. The Bertz CT molecular complexity index is 554. The van der Waals surface area contributed by atoms with Crippen molar-refractivity contribution in [3.63, 3.8) is 0 Å². The van der Waals surface area contributed by atoms with Crippen molar-refractivity contribution >= 4 is 0 Å². The minimum Gasteiger partial charge on any atom is -0.454 e. The Morgan fingerprint density at radius 1 is 1.11 bits per heavy atom. The first-order valence-electron chi connectivity index (χ1n) is 6.48. The quantitative estimate of drug-likeness (QED) is 0.889. The van der Waals surface area contributed by atoms with E-state index in [0.29, 0.717) is 18.7 Å². The number of nitrogens with two attached hydrogens (primary N) is 1. The number of hydrogen-bond donors (Lipinski definition) is 1. The Morgan fingerprint density at radius 3 is 2.63 bits per heavy atom. The van der Waals surface area contributed by atoms with E-state index in [9.17, 15) is 4.39 Å². The monoisotopic (exact) mass is 259 g/mol. The summed E-state index contributed by atoms with van der Waals surface area (Å²) in [4.78, 5) is 0. The zero-order valence-electron chi connectivity index (χ0n) is 11.0. The van der Waals surface area contributed by atoms with Gasteiger partial charge in [0.2, 0.25) is 0 Å². The third kappa shape index (κ3) is 3.55. The van der Waals surface area contributed by atoms with Crippen LogP contribution in [-0.4, -0.2) is 6.54 Å². The molecule has 0 aliphatic rings. The molecule has 3 heteroatoms. The van der Waals surface area contributed by atoms with Gasteiger partial charge in [-0.3, -0.25) is 0 Å². The molecule has 0 atom stereocenters. The fourth-order valence-electron chi connectivity index (χ4n) is 1.91. The van der Waals surface area contributed by atoms with Crippen molar-refractivity contribution in [2.45, 2.75) is 19.8 Å². The molecule has 2 aromatic rings. The number of ether oxygens (including phenoxy) is 1. The maximum absolute atomic E-state index is 13.9. The SMILES string of the molecule is CCc1cccc(Oc2ccc(CCN)cc2F)c1. The van der Waals surface area contributed by atoms with Crippen molar-refractivity contribution in [3.8, 4) is 11.5 Å². The Balaban J connectivity index is 2.18. The summed E-state index contributed by atoms with van der Waals surface area (Å²) < 4.78 is 19.5. The van der Waals surface area contributed by atoms with Crippen molar-refractivity contribution in [2.24, 2.45) is 5.73 Å². The molecule has 0 radical (unpaired) electrons. The van der Waals surface area contributed by atoms with Gasteiger partial charge in [0.25, 0.3) is 0 Å². The fraction of sp³-hybridized carbons (Fsp3) is 0.250. The number of halogens is 1. The summed E-state index contributed by atoms with van der Waals surface area (Å²) in [5.41, 5.74) is 7.50. The topological polar surface area (TPSA) is 35.2 Å². The molecule has 0 amide bonds. The molecule has 2 rings (SSSR count). The van der Waals surface area contributed by atoms with E-state index in [-0.39, 0.29) is 11.6 Å². The number of rotatable bonds is 5. The zero-order valence-corrected chi connectivity index (χ0v) is 11.0. The normalized spacial score (nSPS) is 10.5. The van der Waals surface area contributed by atoms with E-state index in [1.165, 1.54) is 6.07 Å². The van der Waals surface area contributed by atoms with E-state index in [2.05, 4.69) is 6.92 Å². The van der Waals surface area contributed by atoms with Gasteiger partial charge in [-0.2, -0.15) is 0 Å². The van der Waals surface area contributed by atoms with Crippen LogP contribution in [0.5, 0.6) is 11.5 Å². The van der Waals surface area contributed by atoms with Crippen molar-refractivity contribution in [1.82, 2.24) is 0 Å². The molecular formula is C16H18FNO. The molecule has 100 valence electrons. The fourth-order valence-corrected chi connectivity index (χ4v) is 1.91. The molecule has 0 aromatic heterocycles. The second-order valence-corrected chi connectivity index (χ2v) is 4.41. The lowest BCUT2D eigenvalue weighted by atomic mass is 10.1. The molecule has 0 unspecified atom stereocenters. The van der Waals surface area contributed by atoms with Crippen molar-refractivity contribution in [1.29, 1.82) is 0 Å². The van der Waals surface area contributed by atoms with E-state index in [0.717, 1.165) is 17.5 Å². The summed E-state index contributed by atoms with van der Waals surface area (Å²) in [7, 11) is 0. The largest absolute Gasteiger partial charge is 0.454 e. The molecule has 0 fully saturated rings. The summed E-state index contributed by atoms with van der Waals surface area (Å²) in [6.07, 6.45) is 1.59. The molecule has 0 aliphatic heterocycles. The minimum atomic E-state index is -0.354. The van der Waals surface area contributed by atoms with Gasteiger partial charge in [0.05, 0.1) is 0 Å². The molecule has 2 N–H and O–H groups in total. The molecule has 0 spiro atoms. The van der Waals surface area contributed by atoms with Crippen LogP contribution in [0.25, 0.3) is 0 Å². The van der Waals surface area contributed by atoms with Gasteiger partial charge in [0, 0.05) is 0 Å². The zero-order chi connectivity index (χ0) is 13.7. The minimum absolute atomic E-state index is 0.244. The van der Waals surface area contributed by atoms with E-state index in [4.69, 9.17) is 10.5 Å². The summed E-state index contributed by atoms with van der Waals surface area (Å²) in [6, 6.07) is 12.7. The Morgan fingerprint density at radius 2 is 1.95 bits per heavy atom. The van der Waals surface area contributed by atoms with Crippen LogP contribution in [-0.2, 0) is 12.8 Å². The summed E-state index contributed by atoms with van der Waals surface area (Å²) >= 11 is 0. The average molecular weight is 259 g/mol. The number of benzene rings is 2. The third-order valence-electron chi connectivity index (χ3n) is 2.96. The lowest BCUT2D eigenvalue weighted by molar-refractivity contribution is 0.441. The Kier molecular flexibility index (Phi) is 4.53. The molecule has 19 heavy (non-hydrogen) atoms. The average Bonchev–Trinajstić information content (AvgIpc) is 2.42. The van der Waals surface area contributed by atoms with Crippen molar-refractivity contribution < 1.29 is 9.13 Å². The van der Waals surface area contributed by atoms with Gasteiger partial charge in [-0.25, -0.2) is 4.39 Å². The van der Waals surface area contributed by atoms with Gasteiger partial charge in [-0.1, -0.05) is 25.1 Å². The number of hydrogen-bond acceptors (Lipinski definition) is 2. The Hall–Kier alpha value is -1.87. The maximum atomic E-state index is 13.9. The van der Waals surface area contributed by atoms with Crippen LogP contribution in [0.2, 0.25) is 0 Å². The summed E-state index contributed by atoms with van der Waals surface area (Å²) in [5.74, 6) is 0.548. The lowest BCUT2D eigenvalue weighted by Crippen LogP contribution is -2.03. The first-order valence-corrected chi connectivity index (χ1v) is 6.48. The standard InChI is InChI=1S/C16H18FNO/c1-2-12-4-3-5-14(10-12)19-16-7-6-13(8-9-18)11-15(16)17/h3-7,10-11H,2,8-9,18H2,1H3. The van der Waals surface area contributed by atoms with Crippen LogP contribution in [0.1, 0.15) is 18.1 Å². The van der Waals surface area contributed by atoms with Crippen LogP contribution in [0.4, 0.5) is 4.39 Å². The molecule has 0 bridgehead atoms. The molecule has 2 nitrogen and oxygen atoms in total. The summed E-state index contributed by atoms with van der Waals surface area (Å²) in [6.45, 7) is 2.58. The molecule has 0 heterocycles. The van der Waals surface area contributed by atoms with Gasteiger partial charge >= 0.3 is 0 Å². The second-order valence-electron chi connectivity index (χ2n) is 4.41. The van der Waals surface area contributed by atoms with Gasteiger partial charge in [-0.15, -0.1) is 0 Å². The van der Waals surface area contributed by atoms with Crippen LogP contribution in [0, 0.1) is 5.82 Å². The van der Waals surface area contributed by atoms with Crippen LogP contribution in [0.3, 0.4) is 0 Å². The highest BCUT2D eigenvalue weighted by Crippen LogP contribution is 2.26. The van der Waals surface area contributed by atoms with Crippen LogP contribution < -0.4 is 10.5 Å². The van der Waals surface area contributed by atoms with Crippen molar-refractivity contribution in [2.75, 3.05) is 6.54 Å². The van der Waals surface area contributed by atoms with E-state index >= 15 is 0 Å². The maximum Gasteiger partial charge on any atom is 0.165 e. The van der Waals surface area contributed by atoms with Gasteiger partial charge in [0.15, 0.2) is 11.6 Å². The summed E-state index contributed by atoms with van der Waals surface area (Å²) in [5, 5.41) is 0. The molecule has 0 saturated heterocycles. The molecular weight excluding hydrogens is 241 g/mol. The highest BCUT2D eigenvalue weighted by Gasteiger charge is 2.06. The predicted octanol–water partition coefficient (Wildman–Crippen LogP) is 3.68. The molecule has 0 saturated carbocycles. The Labute approximate surface area is 113 Å². The first-order chi connectivity index (χ1) is 9.22. The second kappa shape index (κ2) is 6.34. The highest BCUT2D eigenvalue weighted by molar-refractivity contribution is 5.36. The first kappa shape index (κ1) is 13.6. The lowest BCUT2D eigenvalue weighted by Gasteiger charge is -2.09.